The van der Waals surface area contributed by atoms with Crippen LogP contribution in [0.5, 0.6) is 0 Å². The molecule has 4 aliphatic rings. The van der Waals surface area contributed by atoms with Gasteiger partial charge in [0, 0.05) is 0 Å². The number of halogens is 1. The summed E-state index contributed by atoms with van der Waals surface area (Å²) in [5.74, 6) is 1.53. The molecule has 7 nitrogen and oxygen atoms in total. The Morgan fingerprint density at radius 3 is 2.33 bits per heavy atom. The largest absolute Gasteiger partial charge is 0.283 e. The van der Waals surface area contributed by atoms with E-state index in [0.29, 0.717) is 34.5 Å². The lowest BCUT2D eigenvalue weighted by Crippen LogP contribution is -2.53. The van der Waals surface area contributed by atoms with Crippen LogP contribution in [0.15, 0.2) is 41.6 Å². The van der Waals surface area contributed by atoms with Gasteiger partial charge in [0.2, 0.25) is 5.91 Å². The van der Waals surface area contributed by atoms with Crippen molar-refractivity contribution in [2.24, 2.45) is 23.2 Å². The molecule has 30 heavy (non-hydrogen) atoms. The van der Waals surface area contributed by atoms with Crippen molar-refractivity contribution in [1.82, 2.24) is 19.4 Å². The molecular weight excluding hydrogens is 385 g/mol. The van der Waals surface area contributed by atoms with Crippen LogP contribution in [0.2, 0.25) is 0 Å². The number of aromatic nitrogens is 4. The number of hydrogen-bond donors (Lipinski definition) is 1. The van der Waals surface area contributed by atoms with Crippen molar-refractivity contribution in [1.29, 1.82) is 0 Å². The maximum Gasteiger partial charge on any atom is 0.283 e. The SMILES string of the molecule is O=C(Nn1cnc2c(cnn2-c2ccc(F)cc2)c1=O)C12CC3CC(CC(C3)C1)C2. The maximum absolute atomic E-state index is 13.3. The van der Waals surface area contributed by atoms with E-state index in [1.54, 1.807) is 12.1 Å². The average molecular weight is 407 g/mol. The molecule has 8 heteroatoms. The third-order valence-corrected chi connectivity index (χ3v) is 7.30. The fourth-order valence-corrected chi connectivity index (χ4v) is 6.38. The van der Waals surface area contributed by atoms with Crippen molar-refractivity contribution in [2.45, 2.75) is 38.5 Å². The van der Waals surface area contributed by atoms with Crippen molar-refractivity contribution < 1.29 is 9.18 Å². The van der Waals surface area contributed by atoms with Crippen molar-refractivity contribution in [3.8, 4) is 5.69 Å². The van der Waals surface area contributed by atoms with Crippen molar-refractivity contribution in [3.05, 3.63) is 53.0 Å². The molecule has 2 heterocycles. The molecular formula is C22H22FN5O2. The maximum atomic E-state index is 13.3. The first kappa shape index (κ1) is 17.8. The zero-order chi connectivity index (χ0) is 20.5. The zero-order valence-corrected chi connectivity index (χ0v) is 16.4. The molecule has 4 bridgehead atoms. The smallest absolute Gasteiger partial charge is 0.273 e. The number of carbonyl (C=O) groups is 1. The van der Waals surface area contributed by atoms with Gasteiger partial charge in [-0.25, -0.2) is 18.7 Å². The Balaban J connectivity index is 1.32. The van der Waals surface area contributed by atoms with E-state index in [2.05, 4.69) is 15.5 Å². The molecule has 0 spiro atoms. The second-order valence-corrected chi connectivity index (χ2v) is 9.33. The number of hydrogen-bond acceptors (Lipinski definition) is 4. The van der Waals surface area contributed by atoms with Gasteiger partial charge in [-0.3, -0.25) is 15.0 Å². The highest BCUT2D eigenvalue weighted by Gasteiger charge is 2.54. The minimum absolute atomic E-state index is 0.0595. The first-order valence-electron chi connectivity index (χ1n) is 10.5. The van der Waals surface area contributed by atoms with Gasteiger partial charge in [-0.1, -0.05) is 0 Å². The van der Waals surface area contributed by atoms with Crippen molar-refractivity contribution in [2.75, 3.05) is 5.43 Å². The van der Waals surface area contributed by atoms with Crippen molar-refractivity contribution in [3.63, 3.8) is 0 Å². The van der Waals surface area contributed by atoms with E-state index in [-0.39, 0.29) is 22.7 Å². The van der Waals surface area contributed by atoms with Gasteiger partial charge in [0.25, 0.3) is 5.56 Å². The molecule has 0 unspecified atom stereocenters. The number of nitrogens with one attached hydrogen (secondary N) is 1. The predicted molar refractivity (Wildman–Crippen MR) is 108 cm³/mol. The van der Waals surface area contributed by atoms with Gasteiger partial charge in [0.15, 0.2) is 5.65 Å². The molecule has 7 rings (SSSR count). The van der Waals surface area contributed by atoms with E-state index in [9.17, 15) is 14.0 Å². The summed E-state index contributed by atoms with van der Waals surface area (Å²) in [7, 11) is 0. The average Bonchev–Trinajstić information content (AvgIpc) is 3.14. The fraction of sp³-hybridized carbons (Fsp3) is 0.455. The molecule has 1 amide bonds. The quantitative estimate of drug-likeness (QED) is 0.724. The van der Waals surface area contributed by atoms with Crippen molar-refractivity contribution >= 4 is 16.9 Å². The zero-order valence-electron chi connectivity index (χ0n) is 16.4. The van der Waals surface area contributed by atoms with Crippen LogP contribution in [0.3, 0.4) is 0 Å². The molecule has 0 atom stereocenters. The minimum Gasteiger partial charge on any atom is -0.273 e. The topological polar surface area (TPSA) is 81.8 Å². The highest BCUT2D eigenvalue weighted by Crippen LogP contribution is 2.60. The summed E-state index contributed by atoms with van der Waals surface area (Å²) >= 11 is 0. The van der Waals surface area contributed by atoms with Crippen LogP contribution in [-0.4, -0.2) is 25.3 Å². The van der Waals surface area contributed by atoms with Crippen LogP contribution < -0.4 is 11.0 Å². The minimum atomic E-state index is -0.369. The molecule has 3 aromatic rings. The van der Waals surface area contributed by atoms with Gasteiger partial charge in [-0.2, -0.15) is 5.10 Å². The van der Waals surface area contributed by atoms with Gasteiger partial charge in [-0.05, 0) is 80.5 Å². The molecule has 154 valence electrons. The highest BCUT2D eigenvalue weighted by molar-refractivity contribution is 5.90. The Bertz CT molecular complexity index is 1180. The van der Waals surface area contributed by atoms with E-state index >= 15 is 0 Å². The molecule has 4 saturated carbocycles. The number of amides is 1. The summed E-state index contributed by atoms with van der Waals surface area (Å²) in [4.78, 5) is 30.6. The Hall–Kier alpha value is -3.03. The van der Waals surface area contributed by atoms with Gasteiger partial charge in [0.1, 0.15) is 17.5 Å². The third-order valence-electron chi connectivity index (χ3n) is 7.30. The van der Waals surface area contributed by atoms with Gasteiger partial charge >= 0.3 is 0 Å². The number of carbonyl (C=O) groups excluding carboxylic acids is 1. The molecule has 4 aliphatic carbocycles. The standard InChI is InChI=1S/C22H22FN5O2/c23-16-1-3-17(4-2-16)28-19-18(11-25-28)20(29)27(12-24-19)26-21(30)22-8-13-5-14(9-22)7-15(6-13)10-22/h1-4,11-15H,5-10H2,(H,26,30). The van der Waals surface area contributed by atoms with Gasteiger partial charge in [-0.15, -0.1) is 0 Å². The predicted octanol–water partition coefficient (Wildman–Crippen LogP) is 3.01. The van der Waals surface area contributed by atoms with Gasteiger partial charge in [0.05, 0.1) is 17.3 Å². The Morgan fingerprint density at radius 1 is 1.07 bits per heavy atom. The monoisotopic (exact) mass is 407 g/mol. The van der Waals surface area contributed by atoms with E-state index in [0.717, 1.165) is 19.3 Å². The highest BCUT2D eigenvalue weighted by atomic mass is 19.1. The van der Waals surface area contributed by atoms with Gasteiger partial charge < -0.3 is 0 Å². The lowest BCUT2D eigenvalue weighted by molar-refractivity contribution is -0.141. The summed E-state index contributed by atoms with van der Waals surface area (Å²) < 4.78 is 15.9. The second kappa shape index (κ2) is 6.23. The number of fused-ring (bicyclic) bond motifs is 1. The lowest BCUT2D eigenvalue weighted by Gasteiger charge is -2.55. The van der Waals surface area contributed by atoms with Crippen LogP contribution in [-0.2, 0) is 4.79 Å². The van der Waals surface area contributed by atoms with Crippen LogP contribution >= 0.6 is 0 Å². The molecule has 0 radical (unpaired) electrons. The normalized spacial score (nSPS) is 29.4. The molecule has 1 N–H and O–H groups in total. The number of benzene rings is 1. The Morgan fingerprint density at radius 2 is 1.70 bits per heavy atom. The molecule has 0 saturated heterocycles. The van der Waals surface area contributed by atoms with E-state index in [4.69, 9.17) is 0 Å². The lowest BCUT2D eigenvalue weighted by atomic mass is 9.49. The molecule has 4 fully saturated rings. The number of rotatable bonds is 3. The van der Waals surface area contributed by atoms with E-state index < -0.39 is 0 Å². The summed E-state index contributed by atoms with van der Waals surface area (Å²) in [5.41, 5.74) is 3.09. The molecule has 0 aliphatic heterocycles. The molecule has 2 aromatic heterocycles. The number of nitrogens with zero attached hydrogens (tertiary/aromatic N) is 4. The van der Waals surface area contributed by atoms with Crippen LogP contribution in [0.4, 0.5) is 4.39 Å². The van der Waals surface area contributed by atoms with E-state index in [1.807, 2.05) is 0 Å². The summed E-state index contributed by atoms with van der Waals surface area (Å²) in [5, 5.41) is 4.54. The third kappa shape index (κ3) is 2.62. The summed E-state index contributed by atoms with van der Waals surface area (Å²) in [6.45, 7) is 0. The van der Waals surface area contributed by atoms with Crippen LogP contribution in [0.1, 0.15) is 38.5 Å². The Labute approximate surface area is 171 Å². The Kier molecular flexibility index (Phi) is 3.70. The fourth-order valence-electron chi connectivity index (χ4n) is 6.38. The summed E-state index contributed by atoms with van der Waals surface area (Å²) in [6, 6.07) is 5.80. The van der Waals surface area contributed by atoms with E-state index in [1.165, 1.54) is 53.3 Å². The first-order chi connectivity index (χ1) is 14.5. The summed E-state index contributed by atoms with van der Waals surface area (Å²) in [6.07, 6.45) is 9.31. The van der Waals surface area contributed by atoms with Crippen LogP contribution in [0.25, 0.3) is 16.7 Å². The molecule has 1 aromatic carbocycles. The second-order valence-electron chi connectivity index (χ2n) is 9.33. The van der Waals surface area contributed by atoms with Crippen LogP contribution in [0, 0.1) is 29.0 Å². The first-order valence-corrected chi connectivity index (χ1v) is 10.5.